The van der Waals surface area contributed by atoms with Crippen molar-refractivity contribution in [2.75, 3.05) is 13.7 Å². The van der Waals surface area contributed by atoms with Gasteiger partial charge in [0, 0.05) is 24.4 Å². The van der Waals surface area contributed by atoms with Crippen molar-refractivity contribution in [2.45, 2.75) is 25.8 Å². The lowest BCUT2D eigenvalue weighted by molar-refractivity contribution is -0.384. The topological polar surface area (TPSA) is 108 Å². The van der Waals surface area contributed by atoms with Crippen LogP contribution in [0, 0.1) is 17.0 Å². The zero-order chi connectivity index (χ0) is 22.8. The number of nitro groups is 1. The monoisotopic (exact) mass is 434 g/mol. The number of carbonyl (C=O) groups excluding carboxylic acids is 1. The number of aromatic nitrogens is 2. The van der Waals surface area contributed by atoms with Crippen molar-refractivity contribution in [1.29, 1.82) is 0 Å². The number of para-hydroxylation sites is 2. The number of aryl methyl sites for hydroxylation is 1. The van der Waals surface area contributed by atoms with Crippen molar-refractivity contribution >= 4 is 11.6 Å². The number of methoxy groups -OCH3 is 1. The van der Waals surface area contributed by atoms with E-state index in [0.29, 0.717) is 18.0 Å². The molecule has 1 aliphatic heterocycles. The van der Waals surface area contributed by atoms with Crippen LogP contribution >= 0.6 is 0 Å². The van der Waals surface area contributed by atoms with Gasteiger partial charge in [-0.05, 0) is 43.5 Å². The molecule has 0 bridgehead atoms. The SMILES string of the molecule is COc1cccc(C2CCCN2C(=O)c2nn(-c3ccccc3[N+](=O)[O-])c(C)cc2=O)c1. The van der Waals surface area contributed by atoms with E-state index >= 15 is 0 Å². The molecule has 2 heterocycles. The number of likely N-dealkylation sites (tertiary alicyclic amines) is 1. The van der Waals surface area contributed by atoms with Crippen LogP contribution in [0.3, 0.4) is 0 Å². The molecule has 1 aromatic heterocycles. The summed E-state index contributed by atoms with van der Waals surface area (Å²) < 4.78 is 6.58. The Hall–Kier alpha value is -4.01. The third-order valence-electron chi connectivity index (χ3n) is 5.61. The molecule has 0 radical (unpaired) electrons. The standard InChI is InChI=1S/C23H22N4O5/c1-15-13-21(28)22(24-26(15)19-9-3-4-10-20(19)27(30)31)23(29)25-12-6-11-18(25)16-7-5-8-17(14-16)32-2/h3-5,7-10,13-14,18H,6,11-12H2,1-2H3. The largest absolute Gasteiger partial charge is 0.497 e. The maximum absolute atomic E-state index is 13.4. The van der Waals surface area contributed by atoms with Gasteiger partial charge in [0.05, 0.1) is 18.1 Å². The van der Waals surface area contributed by atoms with Gasteiger partial charge < -0.3 is 9.64 Å². The van der Waals surface area contributed by atoms with E-state index in [2.05, 4.69) is 5.10 Å². The van der Waals surface area contributed by atoms with Gasteiger partial charge >= 0.3 is 0 Å². The molecule has 3 aromatic rings. The molecule has 1 atom stereocenters. The second-order valence-corrected chi connectivity index (χ2v) is 7.59. The van der Waals surface area contributed by atoms with Gasteiger partial charge in [0.1, 0.15) is 11.4 Å². The minimum Gasteiger partial charge on any atom is -0.497 e. The van der Waals surface area contributed by atoms with E-state index in [1.54, 1.807) is 31.1 Å². The second-order valence-electron chi connectivity index (χ2n) is 7.59. The van der Waals surface area contributed by atoms with Crippen molar-refractivity contribution in [3.63, 3.8) is 0 Å². The Morgan fingerprint density at radius 1 is 1.19 bits per heavy atom. The minimum atomic E-state index is -0.519. The summed E-state index contributed by atoms with van der Waals surface area (Å²) >= 11 is 0. The molecule has 1 unspecified atom stereocenters. The van der Waals surface area contributed by atoms with Gasteiger partial charge in [-0.15, -0.1) is 0 Å². The molecule has 1 fully saturated rings. The number of amides is 1. The van der Waals surface area contributed by atoms with E-state index in [4.69, 9.17) is 4.74 Å². The molecule has 4 rings (SSSR count). The van der Waals surface area contributed by atoms with Crippen LogP contribution in [0.4, 0.5) is 5.69 Å². The number of hydrogen-bond acceptors (Lipinski definition) is 6. The zero-order valence-electron chi connectivity index (χ0n) is 17.7. The Balaban J connectivity index is 1.75. The number of hydrogen-bond donors (Lipinski definition) is 0. The van der Waals surface area contributed by atoms with E-state index in [9.17, 15) is 19.7 Å². The first-order valence-electron chi connectivity index (χ1n) is 10.2. The zero-order valence-corrected chi connectivity index (χ0v) is 17.7. The van der Waals surface area contributed by atoms with Crippen LogP contribution in [0.2, 0.25) is 0 Å². The first-order chi connectivity index (χ1) is 15.4. The highest BCUT2D eigenvalue weighted by atomic mass is 16.6. The van der Waals surface area contributed by atoms with Crippen LogP contribution in [-0.2, 0) is 0 Å². The molecule has 0 saturated carbocycles. The highest BCUT2D eigenvalue weighted by molar-refractivity contribution is 5.92. The highest BCUT2D eigenvalue weighted by Gasteiger charge is 2.33. The van der Waals surface area contributed by atoms with Gasteiger partial charge in [0.15, 0.2) is 5.69 Å². The Labute approximate surface area is 184 Å². The molecule has 0 N–H and O–H groups in total. The molecule has 1 amide bonds. The minimum absolute atomic E-state index is 0.166. The lowest BCUT2D eigenvalue weighted by Crippen LogP contribution is -2.36. The van der Waals surface area contributed by atoms with Gasteiger partial charge in [-0.1, -0.05) is 24.3 Å². The van der Waals surface area contributed by atoms with Crippen molar-refractivity contribution in [3.8, 4) is 11.4 Å². The van der Waals surface area contributed by atoms with Gasteiger partial charge in [-0.3, -0.25) is 19.7 Å². The predicted molar refractivity (Wildman–Crippen MR) is 117 cm³/mol. The number of nitrogens with zero attached hydrogens (tertiary/aromatic N) is 4. The molecular weight excluding hydrogens is 412 g/mol. The Bertz CT molecular complexity index is 1250. The first-order valence-corrected chi connectivity index (χ1v) is 10.2. The van der Waals surface area contributed by atoms with E-state index in [1.807, 2.05) is 24.3 Å². The molecule has 0 spiro atoms. The summed E-state index contributed by atoms with van der Waals surface area (Å²) in [5.41, 5.74) is 0.561. The number of rotatable bonds is 5. The van der Waals surface area contributed by atoms with Gasteiger partial charge in [-0.25, -0.2) is 4.68 Å². The average molecular weight is 434 g/mol. The van der Waals surface area contributed by atoms with Crippen LogP contribution in [0.1, 0.15) is 40.6 Å². The smallest absolute Gasteiger partial charge is 0.294 e. The summed E-state index contributed by atoms with van der Waals surface area (Å²) in [4.78, 5) is 38.7. The van der Waals surface area contributed by atoms with E-state index in [-0.39, 0.29) is 23.1 Å². The van der Waals surface area contributed by atoms with E-state index in [1.165, 1.54) is 22.9 Å². The van der Waals surface area contributed by atoms with E-state index in [0.717, 1.165) is 18.4 Å². The number of nitro benzene ring substituents is 1. The first kappa shape index (κ1) is 21.2. The fraction of sp³-hybridized carbons (Fsp3) is 0.261. The lowest BCUT2D eigenvalue weighted by Gasteiger charge is -2.25. The van der Waals surface area contributed by atoms with Gasteiger partial charge in [0.25, 0.3) is 11.6 Å². The summed E-state index contributed by atoms with van der Waals surface area (Å²) in [5.74, 6) is 0.196. The summed E-state index contributed by atoms with van der Waals surface area (Å²) in [5, 5.41) is 15.7. The van der Waals surface area contributed by atoms with Crippen LogP contribution in [0.25, 0.3) is 5.69 Å². The summed E-state index contributed by atoms with van der Waals surface area (Å²) in [6.45, 7) is 2.11. The maximum atomic E-state index is 13.4. The fourth-order valence-corrected chi connectivity index (χ4v) is 4.08. The van der Waals surface area contributed by atoms with Gasteiger partial charge in [-0.2, -0.15) is 5.10 Å². The van der Waals surface area contributed by atoms with Crippen LogP contribution < -0.4 is 10.2 Å². The molecular formula is C23H22N4O5. The van der Waals surface area contributed by atoms with E-state index < -0.39 is 16.3 Å². The Morgan fingerprint density at radius 3 is 2.72 bits per heavy atom. The summed E-state index contributed by atoms with van der Waals surface area (Å²) in [6, 6.07) is 14.7. The van der Waals surface area contributed by atoms with Crippen LogP contribution in [0.15, 0.2) is 59.4 Å². The number of benzene rings is 2. The number of ether oxygens (including phenoxy) is 1. The van der Waals surface area contributed by atoms with Crippen molar-refractivity contribution < 1.29 is 14.5 Å². The van der Waals surface area contributed by atoms with Crippen molar-refractivity contribution in [1.82, 2.24) is 14.7 Å². The Kier molecular flexibility index (Phi) is 5.72. The fourth-order valence-electron chi connectivity index (χ4n) is 4.08. The molecule has 9 nitrogen and oxygen atoms in total. The molecule has 1 aliphatic rings. The predicted octanol–water partition coefficient (Wildman–Crippen LogP) is 3.44. The quantitative estimate of drug-likeness (QED) is 0.450. The molecule has 164 valence electrons. The maximum Gasteiger partial charge on any atom is 0.294 e. The summed E-state index contributed by atoms with van der Waals surface area (Å²) in [7, 11) is 1.58. The third-order valence-corrected chi connectivity index (χ3v) is 5.61. The van der Waals surface area contributed by atoms with Crippen LogP contribution in [0.5, 0.6) is 5.75 Å². The highest BCUT2D eigenvalue weighted by Crippen LogP contribution is 2.34. The Morgan fingerprint density at radius 2 is 1.97 bits per heavy atom. The molecule has 32 heavy (non-hydrogen) atoms. The molecule has 2 aromatic carbocycles. The van der Waals surface area contributed by atoms with Crippen molar-refractivity contribution in [2.24, 2.45) is 0 Å². The third kappa shape index (κ3) is 3.84. The summed E-state index contributed by atoms with van der Waals surface area (Å²) in [6.07, 6.45) is 1.54. The molecule has 1 saturated heterocycles. The second kappa shape index (κ2) is 8.62. The average Bonchev–Trinajstić information content (AvgIpc) is 3.29. The molecule has 0 aliphatic carbocycles. The van der Waals surface area contributed by atoms with Gasteiger partial charge in [0.2, 0.25) is 5.43 Å². The van der Waals surface area contributed by atoms with Crippen molar-refractivity contribution in [3.05, 3.63) is 91.9 Å². The lowest BCUT2D eigenvalue weighted by atomic mass is 10.0. The molecule has 9 heteroatoms. The van der Waals surface area contributed by atoms with Crippen LogP contribution in [-0.4, -0.2) is 39.2 Å². The normalized spacial score (nSPS) is 15.6. The number of carbonyl (C=O) groups is 1.